The van der Waals surface area contributed by atoms with Gasteiger partial charge in [0, 0.05) is 12.1 Å². The Labute approximate surface area is 185 Å². The third-order valence-corrected chi connectivity index (χ3v) is 4.88. The molecule has 8 nitrogen and oxygen atoms in total. The number of hydrogen-bond acceptors (Lipinski definition) is 6. The van der Waals surface area contributed by atoms with Crippen molar-refractivity contribution in [2.24, 2.45) is 0 Å². The molecule has 162 valence electrons. The standard InChI is InChI=1S/C24H23N5O3/c1-17-26-27-28-29(17)21-15-20(12-13-23(21)31-2)25-24(30)16-32-22-11-7-6-10-19(22)14-18-8-4-3-5-9-18/h3-13,15H,14,16H2,1-2H3,(H,25,30). The van der Waals surface area contributed by atoms with Crippen molar-refractivity contribution in [1.29, 1.82) is 0 Å². The molecular formula is C24H23N5O3. The topological polar surface area (TPSA) is 91.2 Å². The molecule has 1 aromatic heterocycles. The monoisotopic (exact) mass is 429 g/mol. The summed E-state index contributed by atoms with van der Waals surface area (Å²) in [7, 11) is 1.57. The Morgan fingerprint density at radius 1 is 1.00 bits per heavy atom. The van der Waals surface area contributed by atoms with Gasteiger partial charge >= 0.3 is 0 Å². The number of aromatic nitrogens is 4. The zero-order chi connectivity index (χ0) is 22.3. The molecule has 0 atom stereocenters. The number of para-hydroxylation sites is 1. The van der Waals surface area contributed by atoms with E-state index in [4.69, 9.17) is 9.47 Å². The number of ether oxygens (including phenoxy) is 2. The fraction of sp³-hybridized carbons (Fsp3) is 0.167. The Kier molecular flexibility index (Phi) is 6.41. The van der Waals surface area contributed by atoms with Gasteiger partial charge in [-0.2, -0.15) is 4.68 Å². The molecule has 0 aliphatic rings. The van der Waals surface area contributed by atoms with Gasteiger partial charge in [-0.3, -0.25) is 4.79 Å². The van der Waals surface area contributed by atoms with E-state index in [1.807, 2.05) is 42.5 Å². The second kappa shape index (κ2) is 9.74. The average Bonchev–Trinajstić information content (AvgIpc) is 3.25. The lowest BCUT2D eigenvalue weighted by molar-refractivity contribution is -0.118. The van der Waals surface area contributed by atoms with Crippen molar-refractivity contribution in [3.63, 3.8) is 0 Å². The van der Waals surface area contributed by atoms with E-state index in [2.05, 4.69) is 33.0 Å². The fourth-order valence-electron chi connectivity index (χ4n) is 3.33. The zero-order valence-electron chi connectivity index (χ0n) is 17.9. The molecule has 1 heterocycles. The van der Waals surface area contributed by atoms with Crippen LogP contribution in [0.2, 0.25) is 0 Å². The summed E-state index contributed by atoms with van der Waals surface area (Å²) in [5, 5.41) is 14.4. The van der Waals surface area contributed by atoms with Crippen molar-refractivity contribution in [2.75, 3.05) is 19.0 Å². The molecule has 0 unspecified atom stereocenters. The van der Waals surface area contributed by atoms with Gasteiger partial charge in [0.2, 0.25) is 0 Å². The van der Waals surface area contributed by atoms with E-state index in [1.54, 1.807) is 36.9 Å². The van der Waals surface area contributed by atoms with Gasteiger partial charge in [-0.1, -0.05) is 48.5 Å². The van der Waals surface area contributed by atoms with Gasteiger partial charge < -0.3 is 14.8 Å². The van der Waals surface area contributed by atoms with Crippen LogP contribution in [0.15, 0.2) is 72.8 Å². The highest BCUT2D eigenvalue weighted by Gasteiger charge is 2.13. The van der Waals surface area contributed by atoms with Gasteiger partial charge in [0.05, 0.1) is 7.11 Å². The van der Waals surface area contributed by atoms with Crippen LogP contribution in [-0.2, 0) is 11.2 Å². The average molecular weight is 429 g/mol. The van der Waals surface area contributed by atoms with Crippen LogP contribution in [0.4, 0.5) is 5.69 Å². The molecule has 8 heteroatoms. The summed E-state index contributed by atoms with van der Waals surface area (Å²) in [6.07, 6.45) is 0.728. The summed E-state index contributed by atoms with van der Waals surface area (Å²) in [6.45, 7) is 1.67. The molecule has 0 radical (unpaired) electrons. The van der Waals surface area contributed by atoms with Crippen molar-refractivity contribution in [2.45, 2.75) is 13.3 Å². The maximum absolute atomic E-state index is 12.6. The Bertz CT molecular complexity index is 1210. The minimum Gasteiger partial charge on any atom is -0.494 e. The molecule has 0 aliphatic carbocycles. The van der Waals surface area contributed by atoms with Crippen molar-refractivity contribution in [3.8, 4) is 17.2 Å². The first-order valence-corrected chi connectivity index (χ1v) is 10.1. The Morgan fingerprint density at radius 3 is 2.53 bits per heavy atom. The largest absolute Gasteiger partial charge is 0.494 e. The Balaban J connectivity index is 1.44. The second-order valence-corrected chi connectivity index (χ2v) is 7.13. The van der Waals surface area contributed by atoms with Crippen LogP contribution in [0.1, 0.15) is 17.0 Å². The molecule has 1 amide bonds. The van der Waals surface area contributed by atoms with E-state index >= 15 is 0 Å². The number of methoxy groups -OCH3 is 1. The number of tetrazole rings is 1. The van der Waals surface area contributed by atoms with E-state index in [9.17, 15) is 4.79 Å². The van der Waals surface area contributed by atoms with E-state index in [1.165, 1.54) is 5.56 Å². The molecule has 32 heavy (non-hydrogen) atoms. The van der Waals surface area contributed by atoms with Gasteiger partial charge in [-0.15, -0.1) is 5.10 Å². The minimum absolute atomic E-state index is 0.114. The maximum atomic E-state index is 12.6. The van der Waals surface area contributed by atoms with Gasteiger partial charge in [0.15, 0.2) is 12.4 Å². The molecule has 0 spiro atoms. The maximum Gasteiger partial charge on any atom is 0.262 e. The molecule has 4 aromatic rings. The Morgan fingerprint density at radius 2 is 1.78 bits per heavy atom. The van der Waals surface area contributed by atoms with Crippen LogP contribution in [0.5, 0.6) is 11.5 Å². The third-order valence-electron chi connectivity index (χ3n) is 4.88. The fourth-order valence-corrected chi connectivity index (χ4v) is 3.33. The highest BCUT2D eigenvalue weighted by molar-refractivity contribution is 5.92. The first kappa shape index (κ1) is 21.0. The van der Waals surface area contributed by atoms with Crippen LogP contribution in [0.3, 0.4) is 0 Å². The van der Waals surface area contributed by atoms with Gasteiger partial charge in [0.1, 0.15) is 17.2 Å². The van der Waals surface area contributed by atoms with Gasteiger partial charge in [-0.05, 0) is 52.7 Å². The summed E-state index contributed by atoms with van der Waals surface area (Å²) < 4.78 is 12.8. The Hall–Kier alpha value is -4.20. The molecule has 0 saturated heterocycles. The summed E-state index contributed by atoms with van der Waals surface area (Å²) in [5.41, 5.74) is 3.41. The van der Waals surface area contributed by atoms with Crippen LogP contribution in [-0.4, -0.2) is 39.8 Å². The van der Waals surface area contributed by atoms with Gasteiger partial charge in [-0.25, -0.2) is 0 Å². The van der Waals surface area contributed by atoms with Gasteiger partial charge in [0.25, 0.3) is 5.91 Å². The summed E-state index contributed by atoms with van der Waals surface area (Å²) >= 11 is 0. The van der Waals surface area contributed by atoms with E-state index in [0.717, 1.165) is 12.0 Å². The number of aryl methyl sites for hydroxylation is 1. The molecule has 1 N–H and O–H groups in total. The number of nitrogens with one attached hydrogen (secondary N) is 1. The van der Waals surface area contributed by atoms with E-state index in [0.29, 0.717) is 28.7 Å². The van der Waals surface area contributed by atoms with Crippen LogP contribution < -0.4 is 14.8 Å². The van der Waals surface area contributed by atoms with Crippen molar-refractivity contribution in [1.82, 2.24) is 20.2 Å². The predicted octanol–water partition coefficient (Wildman–Crippen LogP) is 3.59. The number of amides is 1. The number of benzene rings is 3. The molecule has 0 saturated carbocycles. The minimum atomic E-state index is -0.274. The molecule has 0 fully saturated rings. The number of nitrogens with zero attached hydrogens (tertiary/aromatic N) is 4. The van der Waals surface area contributed by atoms with Crippen molar-refractivity contribution in [3.05, 3.63) is 89.7 Å². The highest BCUT2D eigenvalue weighted by Crippen LogP contribution is 2.26. The van der Waals surface area contributed by atoms with Crippen LogP contribution >= 0.6 is 0 Å². The molecule has 0 aliphatic heterocycles. The smallest absolute Gasteiger partial charge is 0.262 e. The van der Waals surface area contributed by atoms with E-state index in [-0.39, 0.29) is 12.5 Å². The van der Waals surface area contributed by atoms with Crippen molar-refractivity contribution >= 4 is 11.6 Å². The summed E-state index contributed by atoms with van der Waals surface area (Å²) in [6, 6.07) is 23.1. The second-order valence-electron chi connectivity index (χ2n) is 7.13. The highest BCUT2D eigenvalue weighted by atomic mass is 16.5. The number of carbonyl (C=O) groups excluding carboxylic acids is 1. The summed E-state index contributed by atoms with van der Waals surface area (Å²) in [4.78, 5) is 12.6. The predicted molar refractivity (Wildman–Crippen MR) is 120 cm³/mol. The lowest BCUT2D eigenvalue weighted by atomic mass is 10.0. The lowest BCUT2D eigenvalue weighted by Gasteiger charge is -2.13. The van der Waals surface area contributed by atoms with Crippen LogP contribution in [0.25, 0.3) is 5.69 Å². The van der Waals surface area contributed by atoms with Crippen LogP contribution in [0, 0.1) is 6.92 Å². The lowest BCUT2D eigenvalue weighted by Crippen LogP contribution is -2.20. The molecule has 0 bridgehead atoms. The molecular weight excluding hydrogens is 406 g/mol. The quantitative estimate of drug-likeness (QED) is 0.460. The zero-order valence-corrected chi connectivity index (χ0v) is 17.9. The molecule has 4 rings (SSSR count). The third kappa shape index (κ3) is 4.92. The summed E-state index contributed by atoms with van der Waals surface area (Å²) in [5.74, 6) is 1.60. The van der Waals surface area contributed by atoms with E-state index < -0.39 is 0 Å². The number of anilines is 1. The number of rotatable bonds is 8. The number of hydrogen-bond donors (Lipinski definition) is 1. The molecule has 3 aromatic carbocycles. The normalized spacial score (nSPS) is 10.6. The SMILES string of the molecule is COc1ccc(NC(=O)COc2ccccc2Cc2ccccc2)cc1-n1nnnc1C. The first-order chi connectivity index (χ1) is 15.6. The van der Waals surface area contributed by atoms with Crippen molar-refractivity contribution < 1.29 is 14.3 Å². The first-order valence-electron chi connectivity index (χ1n) is 10.1. The number of carbonyl (C=O) groups is 1.